The Hall–Kier alpha value is -5.48. The molecule has 0 radical (unpaired) electrons. The van der Waals surface area contributed by atoms with E-state index >= 15 is 0 Å². The second kappa shape index (κ2) is 16.9. The van der Waals surface area contributed by atoms with Gasteiger partial charge in [-0.05, 0) is 61.4 Å². The number of nitro benzene ring substituents is 2. The first-order chi connectivity index (χ1) is 25.4. The van der Waals surface area contributed by atoms with Gasteiger partial charge in [0, 0.05) is 33.7 Å². The predicted octanol–water partition coefficient (Wildman–Crippen LogP) is 7.78. The summed E-state index contributed by atoms with van der Waals surface area (Å²) in [5.41, 5.74) is 0.276. The van der Waals surface area contributed by atoms with E-state index < -0.39 is 39.9 Å². The van der Waals surface area contributed by atoms with Crippen LogP contribution < -0.4 is 0 Å². The fourth-order valence-corrected chi connectivity index (χ4v) is 6.68. The van der Waals surface area contributed by atoms with Gasteiger partial charge in [-0.1, -0.05) is 48.5 Å². The Morgan fingerprint density at radius 2 is 0.818 bits per heavy atom. The number of hydrogen-bond donors (Lipinski definition) is 2. The Morgan fingerprint density at radius 3 is 1.15 bits per heavy atom. The minimum Gasteiger partial charge on any atom is -0.744 e. The van der Waals surface area contributed by atoms with Crippen molar-refractivity contribution in [1.82, 2.24) is 0 Å². The van der Waals surface area contributed by atoms with Crippen molar-refractivity contribution in [3.8, 4) is 11.5 Å². The van der Waals surface area contributed by atoms with Gasteiger partial charge in [0.05, 0.1) is 19.6 Å². The van der Waals surface area contributed by atoms with Crippen LogP contribution in [-0.4, -0.2) is 83.7 Å². The summed E-state index contributed by atoms with van der Waals surface area (Å²) in [6, 6.07) is 21.6. The van der Waals surface area contributed by atoms with E-state index in [1.807, 2.05) is 0 Å². The van der Waals surface area contributed by atoms with Gasteiger partial charge in [-0.15, -0.1) is 20.5 Å². The van der Waals surface area contributed by atoms with E-state index in [1.54, 1.807) is 26.0 Å². The van der Waals surface area contributed by atoms with Crippen LogP contribution in [0.5, 0.6) is 11.5 Å². The van der Waals surface area contributed by atoms with E-state index in [0.29, 0.717) is 11.1 Å². The molecule has 18 nitrogen and oxygen atoms in total. The van der Waals surface area contributed by atoms with Crippen LogP contribution in [-0.2, 0) is 20.2 Å². The van der Waals surface area contributed by atoms with Crippen LogP contribution in [0, 0.1) is 34.1 Å². The first-order valence-electron chi connectivity index (χ1n) is 15.1. The van der Waals surface area contributed by atoms with Crippen LogP contribution in [0.4, 0.5) is 34.1 Å². The Kier molecular flexibility index (Phi) is 13.0. The van der Waals surface area contributed by atoms with Crippen LogP contribution in [0.25, 0.3) is 21.5 Å². The van der Waals surface area contributed by atoms with Crippen molar-refractivity contribution in [2.45, 2.75) is 23.6 Å². The fourth-order valence-electron chi connectivity index (χ4n) is 5.29. The molecule has 0 spiro atoms. The summed E-state index contributed by atoms with van der Waals surface area (Å²) >= 11 is 0. The van der Waals surface area contributed by atoms with Crippen molar-refractivity contribution < 1.29 is 46.0 Å². The number of phenols is 2. The van der Waals surface area contributed by atoms with E-state index in [0.717, 1.165) is 12.1 Å². The van der Waals surface area contributed by atoms with Gasteiger partial charge in [-0.3, -0.25) is 20.2 Å². The third kappa shape index (κ3) is 9.25. The summed E-state index contributed by atoms with van der Waals surface area (Å²) < 4.78 is 68.6. The molecule has 276 valence electrons. The average molecular weight is 813 g/mol. The van der Waals surface area contributed by atoms with Crippen LogP contribution >= 0.6 is 0 Å². The maximum absolute atomic E-state index is 11.4. The zero-order valence-electron chi connectivity index (χ0n) is 28.4. The van der Waals surface area contributed by atoms with Gasteiger partial charge in [0.15, 0.2) is 11.4 Å². The van der Waals surface area contributed by atoms with Crippen LogP contribution in [0.15, 0.2) is 127 Å². The molecule has 0 heterocycles. The Morgan fingerprint density at radius 1 is 0.491 bits per heavy atom. The third-order valence-electron chi connectivity index (χ3n) is 7.81. The number of benzene rings is 6. The molecule has 21 heteroatoms. The van der Waals surface area contributed by atoms with Gasteiger partial charge < -0.3 is 19.3 Å². The molecular weight excluding hydrogens is 789 g/mol. The molecule has 0 aliphatic rings. The molecule has 0 aliphatic heterocycles. The quantitative estimate of drug-likeness (QED) is 0.0489. The van der Waals surface area contributed by atoms with Crippen LogP contribution in [0.1, 0.15) is 11.1 Å². The summed E-state index contributed by atoms with van der Waals surface area (Å²) in [7, 11) is -9.49. The van der Waals surface area contributed by atoms with E-state index in [9.17, 15) is 56.4 Å². The number of aromatic hydroxyl groups is 2. The summed E-state index contributed by atoms with van der Waals surface area (Å²) in [5, 5.41) is 58.7. The number of nitrogens with zero attached hydrogens (tertiary/aromatic N) is 6. The second-order valence-corrected chi connectivity index (χ2v) is 14.0. The fraction of sp³-hybridized carbons (Fsp3) is 0.0588. The maximum atomic E-state index is 11.4. The molecule has 55 heavy (non-hydrogen) atoms. The zero-order valence-corrected chi connectivity index (χ0v) is 32.3. The maximum Gasteiger partial charge on any atom is 2.00 e. The molecule has 0 aliphatic carbocycles. The summed E-state index contributed by atoms with van der Waals surface area (Å²) in [6.07, 6.45) is 0. The normalized spacial score (nSPS) is 11.7. The molecule has 6 rings (SSSR count). The molecule has 6 aromatic carbocycles. The molecule has 0 aromatic heterocycles. The van der Waals surface area contributed by atoms with E-state index in [4.69, 9.17) is 0 Å². The molecule has 0 saturated heterocycles. The van der Waals surface area contributed by atoms with Gasteiger partial charge in [-0.2, -0.15) is 0 Å². The van der Waals surface area contributed by atoms with Crippen molar-refractivity contribution in [1.29, 1.82) is 0 Å². The standard InChI is InChI=1S/2C17H13N3O6S.Ca/c2*1-10-4-2-6-13(20(22)23)16(10)18-19-17-12-5-3-7-15(27(24,25)26)11(12)8-9-14(17)21;/h2*2-9,21H,1H3,(H,24,25,26);/q;;+2/p-2. The molecule has 0 fully saturated rings. The van der Waals surface area contributed by atoms with Crippen molar-refractivity contribution >= 4 is 114 Å². The van der Waals surface area contributed by atoms with E-state index in [2.05, 4.69) is 20.5 Å². The SMILES string of the molecule is Cc1cccc([N+](=O)[O-])c1N=Nc1c(O)ccc2c(S(=O)(=O)[O-])cccc12.Cc1cccc([N+](=O)[O-])c1N=Nc1c(O)ccc2c(S(=O)(=O)[O-])cccc12.[Ca+2]. The van der Waals surface area contributed by atoms with E-state index in [-0.39, 0.29) is 105 Å². The van der Waals surface area contributed by atoms with E-state index in [1.165, 1.54) is 72.8 Å². The number of rotatable bonds is 8. The zero-order chi connectivity index (χ0) is 39.5. The summed E-state index contributed by atoms with van der Waals surface area (Å²) in [4.78, 5) is 20.2. The largest absolute Gasteiger partial charge is 2.00 e. The first kappa shape index (κ1) is 42.3. The number of phenolic OH excluding ortho intramolecular Hbond substituents is 2. The Bertz CT molecular complexity index is 2610. The third-order valence-corrected chi connectivity index (χ3v) is 9.60. The number of azo groups is 2. The minimum absolute atomic E-state index is 0. The molecule has 6 aromatic rings. The van der Waals surface area contributed by atoms with Crippen LogP contribution in [0.2, 0.25) is 0 Å². The van der Waals surface area contributed by atoms with Gasteiger partial charge in [0.25, 0.3) is 11.4 Å². The van der Waals surface area contributed by atoms with Gasteiger partial charge in [0.2, 0.25) is 0 Å². The number of aryl methyl sites for hydroxylation is 2. The van der Waals surface area contributed by atoms with Crippen molar-refractivity contribution in [2.75, 3.05) is 0 Å². The second-order valence-electron chi connectivity index (χ2n) is 11.3. The topological polar surface area (TPSA) is 291 Å². The number of nitro groups is 2. The summed E-state index contributed by atoms with van der Waals surface area (Å²) in [5.74, 6) is -0.633. The monoisotopic (exact) mass is 812 g/mol. The van der Waals surface area contributed by atoms with Crippen molar-refractivity contribution in [3.63, 3.8) is 0 Å². The number of hydrogen-bond acceptors (Lipinski definition) is 16. The average Bonchev–Trinajstić information content (AvgIpc) is 3.10. The summed E-state index contributed by atoms with van der Waals surface area (Å²) in [6.45, 7) is 3.23. The minimum atomic E-state index is -4.74. The van der Waals surface area contributed by atoms with Crippen molar-refractivity contribution in [2.24, 2.45) is 20.5 Å². The van der Waals surface area contributed by atoms with Gasteiger partial charge in [0.1, 0.15) is 43.1 Å². The van der Waals surface area contributed by atoms with Crippen molar-refractivity contribution in [3.05, 3.63) is 128 Å². The van der Waals surface area contributed by atoms with Crippen LogP contribution in [0.3, 0.4) is 0 Å². The first-order valence-corrected chi connectivity index (χ1v) is 17.9. The molecule has 2 N–H and O–H groups in total. The van der Waals surface area contributed by atoms with Gasteiger partial charge >= 0.3 is 37.7 Å². The molecule has 0 saturated carbocycles. The number of fused-ring (bicyclic) bond motifs is 2. The molecule has 0 bridgehead atoms. The molecule has 0 amide bonds. The predicted molar refractivity (Wildman–Crippen MR) is 197 cm³/mol. The molecular formula is C34H24CaN6O12S2. The molecule has 0 atom stereocenters. The molecule has 0 unspecified atom stereocenters. The Balaban J connectivity index is 0.000000240. The smallest absolute Gasteiger partial charge is 0.744 e. The van der Waals surface area contributed by atoms with Gasteiger partial charge in [-0.25, -0.2) is 16.8 Å². The Labute approximate surface area is 341 Å².